The number of hydrogen-bond donors (Lipinski definition) is 3. The van der Waals surface area contributed by atoms with Crippen molar-refractivity contribution in [1.29, 1.82) is 0 Å². The van der Waals surface area contributed by atoms with E-state index < -0.39 is 0 Å². The predicted octanol–water partition coefficient (Wildman–Crippen LogP) is 0.296. The number of nitrogens with one attached hydrogen (secondary N) is 3. The molecule has 0 aliphatic carbocycles. The SMILES string of the molecule is CNCC=CC(=O)N1CC(N(C)c2cc(-c3cc(NC)ncn3)c[nH]c2=O)C1. The molecule has 1 fully saturated rings. The van der Waals surface area contributed by atoms with Crippen molar-refractivity contribution in [3.63, 3.8) is 0 Å². The predicted molar refractivity (Wildman–Crippen MR) is 109 cm³/mol. The Morgan fingerprint density at radius 2 is 2.14 bits per heavy atom. The van der Waals surface area contributed by atoms with E-state index in [2.05, 4.69) is 25.6 Å². The number of pyridine rings is 1. The molecule has 2 aromatic rings. The van der Waals surface area contributed by atoms with Gasteiger partial charge >= 0.3 is 0 Å². The highest BCUT2D eigenvalue weighted by molar-refractivity contribution is 5.88. The fourth-order valence-electron chi connectivity index (χ4n) is 2.99. The zero-order valence-electron chi connectivity index (χ0n) is 16.3. The number of H-pyrrole nitrogens is 1. The quantitative estimate of drug-likeness (QED) is 0.590. The van der Waals surface area contributed by atoms with E-state index in [1.54, 1.807) is 30.3 Å². The van der Waals surface area contributed by atoms with Crippen LogP contribution in [0.1, 0.15) is 0 Å². The van der Waals surface area contributed by atoms with Gasteiger partial charge in [-0.2, -0.15) is 0 Å². The van der Waals surface area contributed by atoms with Gasteiger partial charge in [0, 0.05) is 57.6 Å². The Hall–Kier alpha value is -3.20. The minimum atomic E-state index is -0.173. The van der Waals surface area contributed by atoms with Crippen LogP contribution in [0.15, 0.2) is 41.6 Å². The average Bonchev–Trinajstić information content (AvgIpc) is 2.67. The van der Waals surface area contributed by atoms with Crippen LogP contribution in [-0.4, -0.2) is 72.6 Å². The molecule has 0 aromatic carbocycles. The minimum absolute atomic E-state index is 0.0110. The van der Waals surface area contributed by atoms with E-state index in [4.69, 9.17) is 0 Å². The molecule has 1 aliphatic rings. The van der Waals surface area contributed by atoms with Crippen LogP contribution in [-0.2, 0) is 4.79 Å². The second-order valence-corrected chi connectivity index (χ2v) is 6.61. The molecule has 0 saturated carbocycles. The molecule has 0 bridgehead atoms. The van der Waals surface area contributed by atoms with E-state index in [1.165, 1.54) is 6.33 Å². The molecule has 9 nitrogen and oxygen atoms in total. The number of amides is 1. The monoisotopic (exact) mass is 383 g/mol. The van der Waals surface area contributed by atoms with Crippen molar-refractivity contribution < 1.29 is 4.79 Å². The second-order valence-electron chi connectivity index (χ2n) is 6.61. The van der Waals surface area contributed by atoms with Crippen LogP contribution in [0, 0.1) is 0 Å². The lowest BCUT2D eigenvalue weighted by molar-refractivity contribution is -0.130. The van der Waals surface area contributed by atoms with Gasteiger partial charge in [0.05, 0.1) is 11.7 Å². The molecule has 0 atom stereocenters. The number of aromatic amines is 1. The molecule has 0 radical (unpaired) electrons. The summed E-state index contributed by atoms with van der Waals surface area (Å²) >= 11 is 0. The summed E-state index contributed by atoms with van der Waals surface area (Å²) in [7, 11) is 5.49. The van der Waals surface area contributed by atoms with Crippen LogP contribution < -0.4 is 21.1 Å². The van der Waals surface area contributed by atoms with E-state index in [9.17, 15) is 9.59 Å². The van der Waals surface area contributed by atoms with Gasteiger partial charge in [-0.05, 0) is 13.1 Å². The summed E-state index contributed by atoms with van der Waals surface area (Å²) in [4.78, 5) is 39.3. The van der Waals surface area contributed by atoms with E-state index >= 15 is 0 Å². The topological polar surface area (TPSA) is 106 Å². The average molecular weight is 383 g/mol. The first-order valence-electron chi connectivity index (χ1n) is 9.09. The Kier molecular flexibility index (Phi) is 6.05. The summed E-state index contributed by atoms with van der Waals surface area (Å²) in [6, 6.07) is 3.73. The third kappa shape index (κ3) is 4.20. The highest BCUT2D eigenvalue weighted by atomic mass is 16.2. The molecular formula is C19H25N7O2. The largest absolute Gasteiger partial charge is 0.373 e. The lowest BCUT2D eigenvalue weighted by Gasteiger charge is -2.44. The number of aromatic nitrogens is 3. The molecule has 3 rings (SSSR count). The number of hydrogen-bond acceptors (Lipinski definition) is 7. The van der Waals surface area contributed by atoms with Crippen LogP contribution in [0.4, 0.5) is 11.5 Å². The number of anilines is 2. The fourth-order valence-corrected chi connectivity index (χ4v) is 2.99. The number of carbonyl (C=O) groups is 1. The summed E-state index contributed by atoms with van der Waals surface area (Å²) < 4.78 is 0. The van der Waals surface area contributed by atoms with Gasteiger partial charge in [-0.15, -0.1) is 0 Å². The number of rotatable bonds is 7. The van der Waals surface area contributed by atoms with Crippen molar-refractivity contribution in [1.82, 2.24) is 25.2 Å². The number of carbonyl (C=O) groups excluding carboxylic acids is 1. The Morgan fingerprint density at radius 1 is 1.36 bits per heavy atom. The molecule has 3 N–H and O–H groups in total. The van der Waals surface area contributed by atoms with Gasteiger partial charge < -0.3 is 25.4 Å². The maximum atomic E-state index is 12.4. The molecule has 148 valence electrons. The van der Waals surface area contributed by atoms with Crippen LogP contribution in [0.3, 0.4) is 0 Å². The molecule has 1 amide bonds. The van der Waals surface area contributed by atoms with E-state index in [-0.39, 0.29) is 17.5 Å². The fraction of sp³-hybridized carbons (Fsp3) is 0.368. The molecule has 1 saturated heterocycles. The zero-order valence-corrected chi connectivity index (χ0v) is 16.3. The molecule has 0 unspecified atom stereocenters. The molecule has 9 heteroatoms. The Bertz CT molecular complexity index is 918. The highest BCUT2D eigenvalue weighted by Gasteiger charge is 2.33. The van der Waals surface area contributed by atoms with E-state index in [0.717, 1.165) is 5.56 Å². The molecular weight excluding hydrogens is 358 g/mol. The van der Waals surface area contributed by atoms with Crippen LogP contribution in [0.2, 0.25) is 0 Å². The van der Waals surface area contributed by atoms with Crippen molar-refractivity contribution in [2.45, 2.75) is 6.04 Å². The van der Waals surface area contributed by atoms with Gasteiger partial charge in [0.1, 0.15) is 17.8 Å². The maximum Gasteiger partial charge on any atom is 0.271 e. The third-order valence-corrected chi connectivity index (χ3v) is 4.79. The Labute approximate surface area is 163 Å². The second kappa shape index (κ2) is 8.66. The summed E-state index contributed by atoms with van der Waals surface area (Å²) in [5, 5.41) is 5.94. The molecule has 1 aliphatic heterocycles. The van der Waals surface area contributed by atoms with Gasteiger partial charge in [0.15, 0.2) is 0 Å². The number of likely N-dealkylation sites (tertiary alicyclic amines) is 1. The van der Waals surface area contributed by atoms with Crippen molar-refractivity contribution in [2.24, 2.45) is 0 Å². The van der Waals surface area contributed by atoms with Crippen LogP contribution >= 0.6 is 0 Å². The standard InChI is InChI=1S/C19H25N7O2/c1-20-6-4-5-18(27)26-10-14(11-26)25(3)16-7-13(9-22-19(16)28)15-8-17(21-2)24-12-23-15/h4-5,7-9,12,14,20H,6,10-11H2,1-3H3,(H,22,28)(H,21,23,24). The van der Waals surface area contributed by atoms with Gasteiger partial charge in [0.2, 0.25) is 5.91 Å². The summed E-state index contributed by atoms with van der Waals surface area (Å²) in [6.07, 6.45) is 6.50. The zero-order chi connectivity index (χ0) is 20.1. The first kappa shape index (κ1) is 19.6. The molecule has 0 spiro atoms. The van der Waals surface area contributed by atoms with Crippen molar-refractivity contribution in [3.05, 3.63) is 47.2 Å². The molecule has 3 heterocycles. The third-order valence-electron chi connectivity index (χ3n) is 4.79. The summed E-state index contributed by atoms with van der Waals surface area (Å²) in [5.74, 6) is 0.689. The summed E-state index contributed by atoms with van der Waals surface area (Å²) in [5.41, 5.74) is 1.88. The summed E-state index contributed by atoms with van der Waals surface area (Å²) in [6.45, 7) is 1.82. The van der Waals surface area contributed by atoms with Crippen LogP contribution in [0.25, 0.3) is 11.3 Å². The Balaban J connectivity index is 1.72. The lowest BCUT2D eigenvalue weighted by atomic mass is 10.1. The molecule has 28 heavy (non-hydrogen) atoms. The normalized spacial score (nSPS) is 14.2. The first-order chi connectivity index (χ1) is 13.5. The van der Waals surface area contributed by atoms with E-state index in [1.807, 2.05) is 31.1 Å². The number of nitrogens with zero attached hydrogens (tertiary/aromatic N) is 4. The van der Waals surface area contributed by atoms with Crippen molar-refractivity contribution in [2.75, 3.05) is 51.0 Å². The van der Waals surface area contributed by atoms with Crippen molar-refractivity contribution >= 4 is 17.4 Å². The highest BCUT2D eigenvalue weighted by Crippen LogP contribution is 2.23. The van der Waals surface area contributed by atoms with Gasteiger partial charge in [-0.1, -0.05) is 6.08 Å². The maximum absolute atomic E-state index is 12.4. The first-order valence-corrected chi connectivity index (χ1v) is 9.09. The van der Waals surface area contributed by atoms with Crippen molar-refractivity contribution in [3.8, 4) is 11.3 Å². The van der Waals surface area contributed by atoms with Crippen LogP contribution in [0.5, 0.6) is 0 Å². The Morgan fingerprint density at radius 3 is 2.86 bits per heavy atom. The van der Waals surface area contributed by atoms with Gasteiger partial charge in [0.25, 0.3) is 5.56 Å². The van der Waals surface area contributed by atoms with Gasteiger partial charge in [-0.25, -0.2) is 9.97 Å². The lowest BCUT2D eigenvalue weighted by Crippen LogP contribution is -2.60. The molecule has 2 aromatic heterocycles. The minimum Gasteiger partial charge on any atom is -0.373 e. The number of likely N-dealkylation sites (N-methyl/N-ethyl adjacent to an activating group) is 2. The van der Waals surface area contributed by atoms with Gasteiger partial charge in [-0.3, -0.25) is 9.59 Å². The smallest absolute Gasteiger partial charge is 0.271 e. The van der Waals surface area contributed by atoms with E-state index in [0.29, 0.717) is 36.8 Å².